The van der Waals surface area contributed by atoms with Crippen LogP contribution in [0.25, 0.3) is 0 Å². The molecule has 21 heavy (non-hydrogen) atoms. The maximum Gasteiger partial charge on any atom is 0.164 e. The second-order valence-electron chi connectivity index (χ2n) is 6.41. The van der Waals surface area contributed by atoms with Gasteiger partial charge in [0.1, 0.15) is 18.3 Å². The molecule has 0 bridgehead atoms. The van der Waals surface area contributed by atoms with E-state index in [-0.39, 0.29) is 12.2 Å². The van der Waals surface area contributed by atoms with Gasteiger partial charge in [-0.2, -0.15) is 0 Å². The van der Waals surface area contributed by atoms with Crippen molar-refractivity contribution in [1.29, 1.82) is 0 Å². The molecule has 5 heteroatoms. The average Bonchev–Trinajstić information content (AvgIpc) is 2.89. The molecule has 2 heterocycles. The van der Waals surface area contributed by atoms with E-state index in [4.69, 9.17) is 18.9 Å². The van der Waals surface area contributed by atoms with Gasteiger partial charge in [-0.1, -0.05) is 6.92 Å². The SMILES string of the molecule is CCC#CC[C@@H](O)[C@@H]1OC(C)(C)O[C@H]1[C@H]1COC(C)(C)O1. The van der Waals surface area contributed by atoms with Crippen LogP contribution in [0, 0.1) is 11.8 Å². The van der Waals surface area contributed by atoms with Crippen molar-refractivity contribution in [3.05, 3.63) is 0 Å². The summed E-state index contributed by atoms with van der Waals surface area (Å²) >= 11 is 0. The van der Waals surface area contributed by atoms with Gasteiger partial charge >= 0.3 is 0 Å². The highest BCUT2D eigenvalue weighted by Crippen LogP contribution is 2.37. The lowest BCUT2D eigenvalue weighted by Crippen LogP contribution is -2.43. The van der Waals surface area contributed by atoms with Crippen LogP contribution in [0.5, 0.6) is 0 Å². The third-order valence-corrected chi connectivity index (χ3v) is 3.55. The Bertz CT molecular complexity index is 420. The molecule has 4 atom stereocenters. The lowest BCUT2D eigenvalue weighted by molar-refractivity contribution is -0.175. The van der Waals surface area contributed by atoms with E-state index in [2.05, 4.69) is 11.8 Å². The van der Waals surface area contributed by atoms with Crippen LogP contribution in [0.1, 0.15) is 47.5 Å². The van der Waals surface area contributed by atoms with Crippen LogP contribution < -0.4 is 0 Å². The average molecular weight is 298 g/mol. The van der Waals surface area contributed by atoms with E-state index in [9.17, 15) is 5.11 Å². The minimum Gasteiger partial charge on any atom is -0.389 e. The van der Waals surface area contributed by atoms with E-state index in [0.29, 0.717) is 13.0 Å². The predicted molar refractivity (Wildman–Crippen MR) is 77.4 cm³/mol. The van der Waals surface area contributed by atoms with Crippen molar-refractivity contribution in [2.45, 2.75) is 83.5 Å². The van der Waals surface area contributed by atoms with Crippen molar-refractivity contribution in [1.82, 2.24) is 0 Å². The lowest BCUT2D eigenvalue weighted by Gasteiger charge is -2.25. The Morgan fingerprint density at radius 2 is 1.81 bits per heavy atom. The van der Waals surface area contributed by atoms with E-state index >= 15 is 0 Å². The summed E-state index contributed by atoms with van der Waals surface area (Å²) in [6.07, 6.45) is -0.638. The molecule has 0 unspecified atom stereocenters. The molecule has 2 fully saturated rings. The van der Waals surface area contributed by atoms with Crippen LogP contribution in [0.3, 0.4) is 0 Å². The standard InChI is InChI=1S/C16H26O5/c1-6-7-8-9-11(17)13-14(21-16(4,5)20-13)12-10-18-15(2,3)19-12/h11-14,17H,6,9-10H2,1-5H3/t11-,12-,13+,14+/m1/s1. The Hall–Kier alpha value is -0.640. The molecule has 0 amide bonds. The number of hydrogen-bond acceptors (Lipinski definition) is 5. The molecule has 1 N–H and O–H groups in total. The normalized spacial score (nSPS) is 35.2. The second-order valence-corrected chi connectivity index (χ2v) is 6.41. The van der Waals surface area contributed by atoms with Gasteiger partial charge in [0.25, 0.3) is 0 Å². The molecule has 0 aromatic carbocycles. The highest BCUT2D eigenvalue weighted by atomic mass is 16.8. The summed E-state index contributed by atoms with van der Waals surface area (Å²) in [5, 5.41) is 10.4. The quantitative estimate of drug-likeness (QED) is 0.806. The number of rotatable bonds is 3. The van der Waals surface area contributed by atoms with Crippen LogP contribution >= 0.6 is 0 Å². The van der Waals surface area contributed by atoms with Gasteiger partial charge in [0.05, 0.1) is 12.7 Å². The van der Waals surface area contributed by atoms with Crippen molar-refractivity contribution < 1.29 is 24.1 Å². The van der Waals surface area contributed by atoms with Gasteiger partial charge in [0.15, 0.2) is 11.6 Å². The minimum absolute atomic E-state index is 0.249. The van der Waals surface area contributed by atoms with E-state index in [1.54, 1.807) is 0 Å². The molecule has 0 aliphatic carbocycles. The van der Waals surface area contributed by atoms with E-state index in [0.717, 1.165) is 6.42 Å². The first-order valence-corrected chi connectivity index (χ1v) is 7.55. The maximum absolute atomic E-state index is 10.4. The zero-order valence-electron chi connectivity index (χ0n) is 13.5. The maximum atomic E-state index is 10.4. The van der Waals surface area contributed by atoms with Gasteiger partial charge in [-0.25, -0.2) is 0 Å². The summed E-state index contributed by atoms with van der Waals surface area (Å²) in [7, 11) is 0. The Balaban J connectivity index is 2.06. The van der Waals surface area contributed by atoms with Crippen LogP contribution in [0.4, 0.5) is 0 Å². The number of ether oxygens (including phenoxy) is 4. The third kappa shape index (κ3) is 4.18. The zero-order valence-corrected chi connectivity index (χ0v) is 13.5. The van der Waals surface area contributed by atoms with E-state index in [1.807, 2.05) is 34.6 Å². The van der Waals surface area contributed by atoms with E-state index < -0.39 is 23.8 Å². The van der Waals surface area contributed by atoms with Crippen molar-refractivity contribution in [3.8, 4) is 11.8 Å². The summed E-state index contributed by atoms with van der Waals surface area (Å²) in [6.45, 7) is 9.82. The van der Waals surface area contributed by atoms with Crippen molar-refractivity contribution in [3.63, 3.8) is 0 Å². The second kappa shape index (κ2) is 6.23. The monoisotopic (exact) mass is 298 g/mol. The molecule has 2 saturated heterocycles. The Kier molecular flexibility index (Phi) is 4.96. The van der Waals surface area contributed by atoms with Gasteiger partial charge in [-0.15, -0.1) is 11.8 Å². The highest BCUT2D eigenvalue weighted by Gasteiger charge is 2.51. The Morgan fingerprint density at radius 1 is 1.10 bits per heavy atom. The summed E-state index contributed by atoms with van der Waals surface area (Å²) < 4.78 is 23.2. The van der Waals surface area contributed by atoms with Crippen molar-refractivity contribution in [2.24, 2.45) is 0 Å². The molecule has 2 aliphatic heterocycles. The molecule has 0 aromatic rings. The zero-order chi connectivity index (χ0) is 15.7. The van der Waals surface area contributed by atoms with Gasteiger partial charge in [-0.3, -0.25) is 0 Å². The molecule has 0 radical (unpaired) electrons. The smallest absolute Gasteiger partial charge is 0.164 e. The third-order valence-electron chi connectivity index (χ3n) is 3.55. The fourth-order valence-electron chi connectivity index (χ4n) is 2.70. The molecule has 120 valence electrons. The minimum atomic E-state index is -0.745. The molecule has 0 spiro atoms. The van der Waals surface area contributed by atoms with Crippen molar-refractivity contribution in [2.75, 3.05) is 6.61 Å². The highest BCUT2D eigenvalue weighted by molar-refractivity contribution is 5.03. The first-order valence-electron chi connectivity index (χ1n) is 7.55. The molecule has 0 saturated carbocycles. The van der Waals surface area contributed by atoms with Crippen LogP contribution in [-0.2, 0) is 18.9 Å². The molecule has 2 rings (SSSR count). The first-order chi connectivity index (χ1) is 9.74. The lowest BCUT2D eigenvalue weighted by atomic mass is 10.0. The largest absolute Gasteiger partial charge is 0.389 e. The molecular weight excluding hydrogens is 272 g/mol. The summed E-state index contributed by atoms with van der Waals surface area (Å²) in [6, 6.07) is 0. The molecule has 0 aromatic heterocycles. The number of aliphatic hydroxyl groups is 1. The van der Waals surface area contributed by atoms with E-state index in [1.165, 1.54) is 0 Å². The predicted octanol–water partition coefficient (Wildman–Crippen LogP) is 1.82. The Labute approximate surface area is 126 Å². The van der Waals surface area contributed by atoms with Crippen LogP contribution in [0.2, 0.25) is 0 Å². The van der Waals surface area contributed by atoms with Gasteiger partial charge in [0.2, 0.25) is 0 Å². The van der Waals surface area contributed by atoms with Crippen LogP contribution in [0.15, 0.2) is 0 Å². The Morgan fingerprint density at radius 3 is 2.38 bits per heavy atom. The summed E-state index contributed by atoms with van der Waals surface area (Å²) in [5.74, 6) is 4.55. The molecular formula is C16H26O5. The summed E-state index contributed by atoms with van der Waals surface area (Å²) in [5.41, 5.74) is 0. The first kappa shape index (κ1) is 16.7. The van der Waals surface area contributed by atoms with Crippen LogP contribution in [-0.4, -0.2) is 47.7 Å². The molecule has 2 aliphatic rings. The molecule has 5 nitrogen and oxygen atoms in total. The number of aliphatic hydroxyl groups excluding tert-OH is 1. The van der Waals surface area contributed by atoms with Gasteiger partial charge in [-0.05, 0) is 27.7 Å². The fourth-order valence-corrected chi connectivity index (χ4v) is 2.70. The van der Waals surface area contributed by atoms with Crippen molar-refractivity contribution >= 4 is 0 Å². The summed E-state index contributed by atoms with van der Waals surface area (Å²) in [4.78, 5) is 0. The van der Waals surface area contributed by atoms with Gasteiger partial charge in [0, 0.05) is 12.8 Å². The number of hydrogen-bond donors (Lipinski definition) is 1. The van der Waals surface area contributed by atoms with Gasteiger partial charge < -0.3 is 24.1 Å². The topological polar surface area (TPSA) is 57.2 Å². The fraction of sp³-hybridized carbons (Fsp3) is 0.875.